The monoisotopic (exact) mass is 387 g/mol. The number of esters is 1. The van der Waals surface area contributed by atoms with Crippen molar-refractivity contribution in [2.45, 2.75) is 20.0 Å². The fourth-order valence-corrected chi connectivity index (χ4v) is 2.83. The van der Waals surface area contributed by atoms with Crippen LogP contribution in [0.2, 0.25) is 0 Å². The van der Waals surface area contributed by atoms with E-state index in [0.29, 0.717) is 17.3 Å². The number of imide groups is 1. The van der Waals surface area contributed by atoms with Gasteiger partial charge in [0.1, 0.15) is 6.54 Å². The summed E-state index contributed by atoms with van der Waals surface area (Å²) in [5.41, 5.74) is -0.471. The number of amides is 2. The quantitative estimate of drug-likeness (QED) is 0.566. The summed E-state index contributed by atoms with van der Waals surface area (Å²) in [6, 6.07) is 4.18. The van der Waals surface area contributed by atoms with Crippen molar-refractivity contribution in [2.24, 2.45) is 5.92 Å². The number of alkyl halides is 3. The number of thioether (sulfide) groups is 1. The molecule has 1 fully saturated rings. The minimum Gasteiger partial charge on any atom is -0.464 e. The molecule has 0 bridgehead atoms. The topological polar surface area (TPSA) is 63.7 Å². The highest BCUT2D eigenvalue weighted by Gasteiger charge is 2.36. The van der Waals surface area contributed by atoms with Gasteiger partial charge in [-0.1, -0.05) is 26.0 Å². The van der Waals surface area contributed by atoms with E-state index in [-0.39, 0.29) is 17.4 Å². The summed E-state index contributed by atoms with van der Waals surface area (Å²) in [7, 11) is 0. The van der Waals surface area contributed by atoms with Crippen LogP contribution in [-0.4, -0.2) is 35.2 Å². The van der Waals surface area contributed by atoms with E-state index in [1.807, 2.05) is 13.8 Å². The van der Waals surface area contributed by atoms with Crippen LogP contribution in [0.5, 0.6) is 0 Å². The number of rotatable bonds is 5. The second kappa shape index (κ2) is 7.94. The molecule has 1 aromatic rings. The maximum Gasteiger partial charge on any atom is 0.416 e. The van der Waals surface area contributed by atoms with Gasteiger partial charge >= 0.3 is 12.1 Å². The Hall–Kier alpha value is -2.29. The van der Waals surface area contributed by atoms with Crippen LogP contribution < -0.4 is 0 Å². The van der Waals surface area contributed by atoms with Crippen molar-refractivity contribution in [3.8, 4) is 0 Å². The first kappa shape index (κ1) is 20.0. The van der Waals surface area contributed by atoms with Crippen LogP contribution in [0.4, 0.5) is 18.0 Å². The summed E-state index contributed by atoms with van der Waals surface area (Å²) < 4.78 is 42.6. The minimum atomic E-state index is -4.45. The van der Waals surface area contributed by atoms with Gasteiger partial charge in [-0.05, 0) is 41.5 Å². The Kier molecular flexibility index (Phi) is 6.12. The summed E-state index contributed by atoms with van der Waals surface area (Å²) in [6.07, 6.45) is -3.14. The third-order valence-corrected chi connectivity index (χ3v) is 4.18. The molecule has 26 heavy (non-hydrogen) atoms. The van der Waals surface area contributed by atoms with Crippen molar-refractivity contribution in [1.29, 1.82) is 0 Å². The highest BCUT2D eigenvalue weighted by molar-refractivity contribution is 8.18. The molecule has 5 nitrogen and oxygen atoms in total. The van der Waals surface area contributed by atoms with Crippen LogP contribution in [0.15, 0.2) is 29.2 Å². The van der Waals surface area contributed by atoms with Crippen molar-refractivity contribution in [3.63, 3.8) is 0 Å². The van der Waals surface area contributed by atoms with Crippen LogP contribution in [0.1, 0.15) is 25.0 Å². The van der Waals surface area contributed by atoms with Gasteiger partial charge in [-0.2, -0.15) is 13.2 Å². The summed E-state index contributed by atoms with van der Waals surface area (Å²) >= 11 is 0.621. The zero-order chi connectivity index (χ0) is 19.5. The molecule has 0 N–H and O–H groups in total. The van der Waals surface area contributed by atoms with E-state index >= 15 is 0 Å². The molecule has 0 saturated carbocycles. The number of ether oxygens (including phenoxy) is 1. The van der Waals surface area contributed by atoms with E-state index in [1.54, 1.807) is 0 Å². The minimum absolute atomic E-state index is 0.0337. The molecule has 9 heteroatoms. The van der Waals surface area contributed by atoms with E-state index in [2.05, 4.69) is 0 Å². The maximum atomic E-state index is 12.6. The third kappa shape index (κ3) is 5.10. The molecule has 0 atom stereocenters. The molecule has 1 aliphatic heterocycles. The molecule has 0 spiro atoms. The molecule has 2 rings (SSSR count). The average molecular weight is 387 g/mol. The number of hydrogen-bond acceptors (Lipinski definition) is 5. The number of carbonyl (C=O) groups is 3. The Morgan fingerprint density at radius 1 is 1.23 bits per heavy atom. The molecule has 1 aromatic carbocycles. The number of halogens is 3. The van der Waals surface area contributed by atoms with Crippen LogP contribution in [0.3, 0.4) is 0 Å². The molecule has 1 aliphatic rings. The molecule has 0 radical (unpaired) electrons. The average Bonchev–Trinajstić information content (AvgIpc) is 2.80. The van der Waals surface area contributed by atoms with Gasteiger partial charge in [0.25, 0.3) is 11.1 Å². The van der Waals surface area contributed by atoms with Gasteiger partial charge in [0.05, 0.1) is 17.1 Å². The Bertz CT molecular complexity index is 741. The predicted octanol–water partition coefficient (Wildman–Crippen LogP) is 3.94. The highest BCUT2D eigenvalue weighted by atomic mass is 32.2. The molecule has 140 valence electrons. The Labute approximate surface area is 152 Å². The number of nitrogens with zero attached hydrogens (tertiary/aromatic N) is 1. The van der Waals surface area contributed by atoms with E-state index in [1.165, 1.54) is 18.2 Å². The molecule has 1 heterocycles. The van der Waals surface area contributed by atoms with Crippen molar-refractivity contribution >= 4 is 35.0 Å². The van der Waals surface area contributed by atoms with E-state index in [9.17, 15) is 27.6 Å². The smallest absolute Gasteiger partial charge is 0.416 e. The lowest BCUT2D eigenvalue weighted by Crippen LogP contribution is -2.34. The van der Waals surface area contributed by atoms with Gasteiger partial charge in [0.2, 0.25) is 0 Å². The van der Waals surface area contributed by atoms with Crippen LogP contribution in [0, 0.1) is 5.92 Å². The van der Waals surface area contributed by atoms with Crippen LogP contribution in [-0.2, 0) is 20.5 Å². The zero-order valence-electron chi connectivity index (χ0n) is 14.0. The van der Waals surface area contributed by atoms with E-state index in [0.717, 1.165) is 17.0 Å². The van der Waals surface area contributed by atoms with Crippen LogP contribution in [0.25, 0.3) is 6.08 Å². The highest BCUT2D eigenvalue weighted by Crippen LogP contribution is 2.33. The molecular weight excluding hydrogens is 371 g/mol. The van der Waals surface area contributed by atoms with Crippen molar-refractivity contribution in [1.82, 2.24) is 4.90 Å². The number of carbonyl (C=O) groups excluding carboxylic acids is 3. The second-order valence-electron chi connectivity index (χ2n) is 5.96. The van der Waals surface area contributed by atoms with E-state index in [4.69, 9.17) is 4.74 Å². The standard InChI is InChI=1S/C17H16F3NO4S/c1-10(2)9-25-14(22)8-21-15(23)13(26-16(21)24)7-11-3-5-12(6-4-11)17(18,19)20/h3-7,10H,8-9H2,1-2H3/b13-7-. The lowest BCUT2D eigenvalue weighted by atomic mass is 10.1. The summed E-state index contributed by atoms with van der Waals surface area (Å²) in [5, 5.41) is -0.630. The summed E-state index contributed by atoms with van der Waals surface area (Å²) in [4.78, 5) is 36.6. The first-order chi connectivity index (χ1) is 12.1. The molecule has 1 saturated heterocycles. The fourth-order valence-electron chi connectivity index (χ4n) is 1.99. The second-order valence-corrected chi connectivity index (χ2v) is 6.96. The molecule has 0 aromatic heterocycles. The van der Waals surface area contributed by atoms with Crippen molar-refractivity contribution in [2.75, 3.05) is 13.2 Å². The maximum absolute atomic E-state index is 12.6. The van der Waals surface area contributed by atoms with Gasteiger partial charge in [0.15, 0.2) is 0 Å². The lowest BCUT2D eigenvalue weighted by molar-refractivity contribution is -0.147. The zero-order valence-corrected chi connectivity index (χ0v) is 14.8. The Morgan fingerprint density at radius 3 is 2.38 bits per heavy atom. The van der Waals surface area contributed by atoms with Crippen LogP contribution >= 0.6 is 11.8 Å². The van der Waals surface area contributed by atoms with Gasteiger partial charge in [-0.3, -0.25) is 19.3 Å². The summed E-state index contributed by atoms with van der Waals surface area (Å²) in [6.45, 7) is 3.37. The molecule has 0 unspecified atom stereocenters. The van der Waals surface area contributed by atoms with Gasteiger partial charge in [-0.15, -0.1) is 0 Å². The van der Waals surface area contributed by atoms with Crippen molar-refractivity contribution in [3.05, 3.63) is 40.3 Å². The SMILES string of the molecule is CC(C)COC(=O)CN1C(=O)S/C(=C\c2ccc(C(F)(F)F)cc2)C1=O. The first-order valence-electron chi connectivity index (χ1n) is 7.66. The number of hydrogen-bond donors (Lipinski definition) is 0. The van der Waals surface area contributed by atoms with Crippen molar-refractivity contribution < 1.29 is 32.3 Å². The fraction of sp³-hybridized carbons (Fsp3) is 0.353. The lowest BCUT2D eigenvalue weighted by Gasteiger charge is -2.12. The molecule has 0 aliphatic carbocycles. The first-order valence-corrected chi connectivity index (χ1v) is 8.48. The van der Waals surface area contributed by atoms with Gasteiger partial charge in [-0.25, -0.2) is 0 Å². The molecule has 2 amide bonds. The normalized spacial score (nSPS) is 16.7. The Balaban J connectivity index is 2.07. The molecular formula is C17H16F3NO4S. The number of benzene rings is 1. The summed E-state index contributed by atoms with van der Waals surface area (Å²) in [5.74, 6) is -1.26. The largest absolute Gasteiger partial charge is 0.464 e. The third-order valence-electron chi connectivity index (χ3n) is 3.27. The Morgan fingerprint density at radius 2 is 1.85 bits per heavy atom. The van der Waals surface area contributed by atoms with Gasteiger partial charge < -0.3 is 4.74 Å². The van der Waals surface area contributed by atoms with Gasteiger partial charge in [0, 0.05) is 0 Å². The van der Waals surface area contributed by atoms with E-state index < -0.39 is 35.4 Å². The predicted molar refractivity (Wildman–Crippen MR) is 89.9 cm³/mol.